The molecular formula is C17H16N2O2. The summed E-state index contributed by atoms with van der Waals surface area (Å²) in [5.41, 5.74) is 6.55. The van der Waals surface area contributed by atoms with Crippen LogP contribution in [0.15, 0.2) is 53.6 Å². The van der Waals surface area contributed by atoms with Crippen LogP contribution in [0.4, 0.5) is 0 Å². The average Bonchev–Trinajstić information content (AvgIpc) is 2.96. The second-order valence-electron chi connectivity index (χ2n) is 4.89. The normalized spacial score (nSPS) is 14.8. The van der Waals surface area contributed by atoms with Crippen molar-refractivity contribution < 1.29 is 9.53 Å². The first-order chi connectivity index (χ1) is 10.3. The summed E-state index contributed by atoms with van der Waals surface area (Å²) in [4.78, 5) is 12.1. The van der Waals surface area contributed by atoms with Gasteiger partial charge in [0.25, 0.3) is 5.91 Å². The van der Waals surface area contributed by atoms with E-state index in [1.807, 2.05) is 18.2 Å². The van der Waals surface area contributed by atoms with E-state index in [4.69, 9.17) is 4.74 Å². The van der Waals surface area contributed by atoms with Crippen molar-refractivity contribution in [3.05, 3.63) is 65.2 Å². The predicted molar refractivity (Wildman–Crippen MR) is 81.8 cm³/mol. The van der Waals surface area contributed by atoms with Gasteiger partial charge >= 0.3 is 0 Å². The number of hydrogen-bond donors (Lipinski definition) is 1. The molecule has 0 heterocycles. The van der Waals surface area contributed by atoms with Crippen LogP contribution < -0.4 is 10.2 Å². The van der Waals surface area contributed by atoms with Crippen molar-refractivity contribution in [2.24, 2.45) is 5.10 Å². The topological polar surface area (TPSA) is 50.7 Å². The van der Waals surface area contributed by atoms with Gasteiger partial charge in [0, 0.05) is 11.1 Å². The Hall–Kier alpha value is -2.62. The van der Waals surface area contributed by atoms with Crippen LogP contribution in [0.1, 0.15) is 27.9 Å². The molecule has 1 amide bonds. The van der Waals surface area contributed by atoms with Gasteiger partial charge in [0.2, 0.25) is 0 Å². The van der Waals surface area contributed by atoms with Crippen LogP contribution in [0.3, 0.4) is 0 Å². The van der Waals surface area contributed by atoms with Gasteiger partial charge in [-0.1, -0.05) is 24.3 Å². The number of nitrogens with one attached hydrogen (secondary N) is 1. The second kappa shape index (κ2) is 5.79. The highest BCUT2D eigenvalue weighted by Gasteiger charge is 2.17. The molecule has 106 valence electrons. The maximum absolute atomic E-state index is 12.1. The van der Waals surface area contributed by atoms with Crippen molar-refractivity contribution >= 4 is 11.6 Å². The van der Waals surface area contributed by atoms with Crippen molar-refractivity contribution in [3.63, 3.8) is 0 Å². The van der Waals surface area contributed by atoms with E-state index in [1.165, 1.54) is 5.56 Å². The molecule has 0 unspecified atom stereocenters. The lowest BCUT2D eigenvalue weighted by molar-refractivity contribution is 0.0955. The van der Waals surface area contributed by atoms with Gasteiger partial charge < -0.3 is 4.74 Å². The number of hydrazone groups is 1. The molecule has 4 nitrogen and oxygen atoms in total. The minimum Gasteiger partial charge on any atom is -0.497 e. The van der Waals surface area contributed by atoms with E-state index in [9.17, 15) is 4.79 Å². The van der Waals surface area contributed by atoms with Crippen LogP contribution >= 0.6 is 0 Å². The predicted octanol–water partition coefficient (Wildman–Crippen LogP) is 2.78. The van der Waals surface area contributed by atoms with Gasteiger partial charge in [0.05, 0.1) is 12.8 Å². The first-order valence-electron chi connectivity index (χ1n) is 6.87. The third-order valence-electron chi connectivity index (χ3n) is 3.60. The summed E-state index contributed by atoms with van der Waals surface area (Å²) >= 11 is 0. The van der Waals surface area contributed by atoms with Crippen molar-refractivity contribution in [3.8, 4) is 5.75 Å². The molecule has 4 heteroatoms. The van der Waals surface area contributed by atoms with Gasteiger partial charge in [0.1, 0.15) is 5.75 Å². The number of hydrogen-bond acceptors (Lipinski definition) is 3. The zero-order valence-electron chi connectivity index (χ0n) is 11.8. The fourth-order valence-corrected chi connectivity index (χ4v) is 2.45. The summed E-state index contributed by atoms with van der Waals surface area (Å²) in [6, 6.07) is 15.1. The number of methoxy groups -OCH3 is 1. The highest BCUT2D eigenvalue weighted by molar-refractivity contribution is 6.05. The summed E-state index contributed by atoms with van der Waals surface area (Å²) in [6.45, 7) is 0. The van der Waals surface area contributed by atoms with Gasteiger partial charge in [-0.3, -0.25) is 4.79 Å². The van der Waals surface area contributed by atoms with Gasteiger partial charge in [-0.15, -0.1) is 0 Å². The summed E-state index contributed by atoms with van der Waals surface area (Å²) in [5, 5.41) is 4.27. The maximum Gasteiger partial charge on any atom is 0.271 e. The van der Waals surface area contributed by atoms with Crippen LogP contribution in [-0.4, -0.2) is 18.7 Å². The zero-order chi connectivity index (χ0) is 14.7. The standard InChI is InChI=1S/C17H16N2O2/c1-21-14-9-6-13(7-10-14)17(20)19-18-16-11-8-12-4-2-3-5-15(12)16/h2-7,9-10H,8,11H2,1H3,(H,19,20)/b18-16-. The summed E-state index contributed by atoms with van der Waals surface area (Å²) in [5.74, 6) is 0.511. The zero-order valence-corrected chi connectivity index (χ0v) is 11.8. The number of rotatable bonds is 3. The lowest BCUT2D eigenvalue weighted by Gasteiger charge is -2.04. The molecule has 21 heavy (non-hydrogen) atoms. The minimum atomic E-state index is -0.213. The van der Waals surface area contributed by atoms with E-state index < -0.39 is 0 Å². The highest BCUT2D eigenvalue weighted by Crippen LogP contribution is 2.21. The number of carbonyl (C=O) groups is 1. The van der Waals surface area contributed by atoms with Gasteiger partial charge in [-0.25, -0.2) is 5.43 Å². The van der Waals surface area contributed by atoms with Crippen LogP contribution in [0, 0.1) is 0 Å². The molecule has 0 radical (unpaired) electrons. The molecule has 0 fully saturated rings. The average molecular weight is 280 g/mol. The first-order valence-corrected chi connectivity index (χ1v) is 6.87. The molecule has 0 spiro atoms. The van der Waals surface area contributed by atoms with E-state index in [0.29, 0.717) is 5.56 Å². The van der Waals surface area contributed by atoms with Gasteiger partial charge in [0.15, 0.2) is 0 Å². The van der Waals surface area contributed by atoms with Crippen LogP contribution in [0.5, 0.6) is 5.75 Å². The summed E-state index contributed by atoms with van der Waals surface area (Å²) in [6.07, 6.45) is 1.84. The quantitative estimate of drug-likeness (QED) is 0.879. The number of amides is 1. The monoisotopic (exact) mass is 280 g/mol. The van der Waals surface area contributed by atoms with E-state index in [-0.39, 0.29) is 5.91 Å². The van der Waals surface area contributed by atoms with Gasteiger partial charge in [-0.2, -0.15) is 5.10 Å². The molecule has 1 aliphatic carbocycles. The third kappa shape index (κ3) is 2.79. The summed E-state index contributed by atoms with van der Waals surface area (Å²) < 4.78 is 5.07. The molecule has 2 aromatic rings. The van der Waals surface area contributed by atoms with Crippen LogP contribution in [-0.2, 0) is 6.42 Å². The number of aryl methyl sites for hydroxylation is 1. The Labute approximate surface area is 123 Å². The molecule has 0 saturated carbocycles. The largest absolute Gasteiger partial charge is 0.497 e. The fourth-order valence-electron chi connectivity index (χ4n) is 2.45. The minimum absolute atomic E-state index is 0.213. The molecule has 2 aromatic carbocycles. The Kier molecular flexibility index (Phi) is 3.69. The Morgan fingerprint density at radius 1 is 1.10 bits per heavy atom. The Balaban J connectivity index is 1.72. The molecule has 0 bridgehead atoms. The third-order valence-corrected chi connectivity index (χ3v) is 3.60. The van der Waals surface area contributed by atoms with Crippen LogP contribution in [0.25, 0.3) is 0 Å². The maximum atomic E-state index is 12.1. The molecule has 0 saturated heterocycles. The number of benzene rings is 2. The van der Waals surface area contributed by atoms with Crippen molar-refractivity contribution in [1.82, 2.24) is 5.43 Å². The number of ether oxygens (including phenoxy) is 1. The molecule has 1 aliphatic rings. The second-order valence-corrected chi connectivity index (χ2v) is 4.89. The summed E-state index contributed by atoms with van der Waals surface area (Å²) in [7, 11) is 1.60. The van der Waals surface area contributed by atoms with Crippen molar-refractivity contribution in [2.75, 3.05) is 7.11 Å². The number of fused-ring (bicyclic) bond motifs is 1. The van der Waals surface area contributed by atoms with Crippen molar-refractivity contribution in [2.45, 2.75) is 12.8 Å². The Morgan fingerprint density at radius 2 is 1.86 bits per heavy atom. The Bertz CT molecular complexity index is 690. The van der Waals surface area contributed by atoms with E-state index >= 15 is 0 Å². The van der Waals surface area contributed by atoms with Crippen molar-refractivity contribution in [1.29, 1.82) is 0 Å². The molecule has 0 atom stereocenters. The number of carbonyl (C=O) groups excluding carboxylic acids is 1. The smallest absolute Gasteiger partial charge is 0.271 e. The first kappa shape index (κ1) is 13.4. The number of nitrogens with zero attached hydrogens (tertiary/aromatic N) is 1. The highest BCUT2D eigenvalue weighted by atomic mass is 16.5. The lowest BCUT2D eigenvalue weighted by Crippen LogP contribution is -2.19. The SMILES string of the molecule is COc1ccc(C(=O)N/N=C2/CCc3ccccc32)cc1. The molecule has 3 rings (SSSR count). The molecule has 0 aromatic heterocycles. The van der Waals surface area contributed by atoms with Crippen LogP contribution in [0.2, 0.25) is 0 Å². The van der Waals surface area contributed by atoms with Gasteiger partial charge in [-0.05, 0) is 42.7 Å². The lowest BCUT2D eigenvalue weighted by atomic mass is 10.1. The molecular weight excluding hydrogens is 264 g/mol. The van der Waals surface area contributed by atoms with E-state index in [0.717, 1.165) is 29.9 Å². The molecule has 0 aliphatic heterocycles. The van der Waals surface area contributed by atoms with E-state index in [1.54, 1.807) is 31.4 Å². The molecule has 1 N–H and O–H groups in total. The Morgan fingerprint density at radius 3 is 2.62 bits per heavy atom. The fraction of sp³-hybridized carbons (Fsp3) is 0.176. The van der Waals surface area contributed by atoms with E-state index in [2.05, 4.69) is 16.6 Å².